The molecule has 2 fully saturated rings. The predicted octanol–water partition coefficient (Wildman–Crippen LogP) is 2.24. The van der Waals surface area contributed by atoms with Crippen LogP contribution in [-0.2, 0) is 21.7 Å². The van der Waals surface area contributed by atoms with Gasteiger partial charge in [0.15, 0.2) is 0 Å². The van der Waals surface area contributed by atoms with Gasteiger partial charge in [-0.3, -0.25) is 0 Å². The summed E-state index contributed by atoms with van der Waals surface area (Å²) in [4.78, 5) is 0. The number of rotatable bonds is 5. The van der Waals surface area contributed by atoms with Crippen LogP contribution < -0.4 is 4.74 Å². The fraction of sp³-hybridized carbons (Fsp3) is 0.455. The van der Waals surface area contributed by atoms with E-state index in [1.165, 1.54) is 0 Å². The number of aliphatic hydroxyl groups excluding tert-OH is 3. The van der Waals surface area contributed by atoms with E-state index >= 15 is 0 Å². The highest BCUT2D eigenvalue weighted by molar-refractivity contribution is 6.31. The van der Waals surface area contributed by atoms with Crippen LogP contribution in [-0.4, -0.2) is 53.5 Å². The number of fused-ring (bicyclic) bond motifs is 2. The van der Waals surface area contributed by atoms with Gasteiger partial charge in [-0.15, -0.1) is 0 Å². The van der Waals surface area contributed by atoms with Crippen molar-refractivity contribution < 1.29 is 29.5 Å². The first-order valence-corrected chi connectivity index (χ1v) is 9.96. The van der Waals surface area contributed by atoms with Crippen LogP contribution >= 0.6 is 11.6 Å². The summed E-state index contributed by atoms with van der Waals surface area (Å²) in [7, 11) is 1.62. The summed E-state index contributed by atoms with van der Waals surface area (Å²) in [6.45, 7) is 1.50. The van der Waals surface area contributed by atoms with Gasteiger partial charge in [0.1, 0.15) is 17.5 Å². The first kappa shape index (κ1) is 20.6. The third kappa shape index (κ3) is 3.24. The average Bonchev–Trinajstić information content (AvgIpc) is 3.13. The SMILES string of the molecule is COc1ccc(Cc2cc([C@]34OC[C@](CO)(O3)[C@@H](C)[C@H](O)[C@@H]4O)ccc2Cl)cc1. The van der Waals surface area contributed by atoms with E-state index in [0.717, 1.165) is 16.9 Å². The Hall–Kier alpha value is -1.67. The number of hydrogen-bond donors (Lipinski definition) is 3. The number of benzene rings is 2. The van der Waals surface area contributed by atoms with Crippen LogP contribution in [0.4, 0.5) is 0 Å². The van der Waals surface area contributed by atoms with Crippen molar-refractivity contribution in [1.29, 1.82) is 0 Å². The van der Waals surface area contributed by atoms with Crippen molar-refractivity contribution in [3.8, 4) is 5.75 Å². The van der Waals surface area contributed by atoms with Crippen molar-refractivity contribution in [2.45, 2.75) is 36.9 Å². The van der Waals surface area contributed by atoms with Crippen molar-refractivity contribution in [3.63, 3.8) is 0 Å². The summed E-state index contributed by atoms with van der Waals surface area (Å²) >= 11 is 6.43. The topological polar surface area (TPSA) is 88.4 Å². The first-order chi connectivity index (χ1) is 13.8. The van der Waals surface area contributed by atoms with Crippen molar-refractivity contribution >= 4 is 11.6 Å². The predicted molar refractivity (Wildman–Crippen MR) is 107 cm³/mol. The van der Waals surface area contributed by atoms with Gasteiger partial charge < -0.3 is 29.5 Å². The molecule has 0 unspecified atom stereocenters. The molecule has 2 saturated heterocycles. The van der Waals surface area contributed by atoms with E-state index < -0.39 is 29.5 Å². The maximum absolute atomic E-state index is 10.8. The van der Waals surface area contributed by atoms with Crippen LogP contribution in [0.15, 0.2) is 42.5 Å². The molecule has 0 saturated carbocycles. The van der Waals surface area contributed by atoms with Gasteiger partial charge in [-0.1, -0.05) is 36.7 Å². The molecule has 156 valence electrons. The molecule has 2 aromatic rings. The van der Waals surface area contributed by atoms with E-state index in [2.05, 4.69) is 0 Å². The molecule has 2 aromatic carbocycles. The van der Waals surface area contributed by atoms with E-state index in [1.807, 2.05) is 30.3 Å². The Bertz CT molecular complexity index is 887. The van der Waals surface area contributed by atoms with E-state index in [4.69, 9.17) is 25.8 Å². The second kappa shape index (κ2) is 7.54. The van der Waals surface area contributed by atoms with Crippen LogP contribution in [0.1, 0.15) is 23.6 Å². The molecule has 2 bridgehead atoms. The maximum Gasteiger partial charge on any atom is 0.225 e. The van der Waals surface area contributed by atoms with Gasteiger partial charge in [0.25, 0.3) is 0 Å². The minimum atomic E-state index is -1.55. The minimum absolute atomic E-state index is 0.0786. The zero-order valence-corrected chi connectivity index (χ0v) is 17.1. The molecular weight excluding hydrogens is 396 g/mol. The number of methoxy groups -OCH3 is 1. The van der Waals surface area contributed by atoms with E-state index in [9.17, 15) is 15.3 Å². The Balaban J connectivity index is 1.69. The van der Waals surface area contributed by atoms with Crippen molar-refractivity contribution in [2.24, 2.45) is 5.92 Å². The van der Waals surface area contributed by atoms with E-state index in [-0.39, 0.29) is 13.2 Å². The Kier molecular flexibility index (Phi) is 5.36. The van der Waals surface area contributed by atoms with Gasteiger partial charge in [0.05, 0.1) is 26.4 Å². The number of aliphatic hydroxyl groups is 3. The highest BCUT2D eigenvalue weighted by atomic mass is 35.5. The van der Waals surface area contributed by atoms with Crippen LogP contribution in [0.25, 0.3) is 0 Å². The molecule has 6 nitrogen and oxygen atoms in total. The summed E-state index contributed by atoms with van der Waals surface area (Å²) < 4.78 is 17.3. The van der Waals surface area contributed by atoms with E-state index in [0.29, 0.717) is 17.0 Å². The van der Waals surface area contributed by atoms with Crippen molar-refractivity contribution in [2.75, 3.05) is 20.3 Å². The summed E-state index contributed by atoms with van der Waals surface area (Å²) in [6.07, 6.45) is -1.83. The number of halogens is 1. The number of hydrogen-bond acceptors (Lipinski definition) is 6. The lowest BCUT2D eigenvalue weighted by molar-refractivity contribution is -0.318. The molecule has 2 aliphatic rings. The average molecular weight is 421 g/mol. The van der Waals surface area contributed by atoms with Gasteiger partial charge in [-0.05, 0) is 41.8 Å². The Morgan fingerprint density at radius 1 is 1.17 bits per heavy atom. The molecule has 4 rings (SSSR count). The van der Waals surface area contributed by atoms with E-state index in [1.54, 1.807) is 26.2 Å². The molecule has 0 aliphatic carbocycles. The van der Waals surface area contributed by atoms with Crippen molar-refractivity contribution in [3.05, 3.63) is 64.2 Å². The Morgan fingerprint density at radius 3 is 2.55 bits per heavy atom. The molecule has 5 atom stereocenters. The molecule has 0 radical (unpaired) electrons. The molecule has 0 amide bonds. The third-order valence-corrected chi connectivity index (χ3v) is 6.58. The molecule has 3 N–H and O–H groups in total. The largest absolute Gasteiger partial charge is 0.497 e. The smallest absolute Gasteiger partial charge is 0.225 e. The van der Waals surface area contributed by atoms with Gasteiger partial charge in [0, 0.05) is 16.5 Å². The Labute approximate surface area is 174 Å². The second-order valence-corrected chi connectivity index (χ2v) is 8.24. The zero-order valence-electron chi connectivity index (χ0n) is 16.3. The van der Waals surface area contributed by atoms with Gasteiger partial charge in [-0.25, -0.2) is 0 Å². The van der Waals surface area contributed by atoms with Crippen LogP contribution in [0, 0.1) is 5.92 Å². The third-order valence-electron chi connectivity index (χ3n) is 6.21. The van der Waals surface area contributed by atoms with Crippen LogP contribution in [0.5, 0.6) is 5.75 Å². The van der Waals surface area contributed by atoms with Gasteiger partial charge in [0.2, 0.25) is 5.79 Å². The summed E-state index contributed by atoms with van der Waals surface area (Å²) in [6, 6.07) is 13.0. The summed E-state index contributed by atoms with van der Waals surface area (Å²) in [5.41, 5.74) is 1.36. The molecule has 2 aliphatic heterocycles. The molecule has 29 heavy (non-hydrogen) atoms. The normalized spacial score (nSPS) is 33.7. The molecule has 2 heterocycles. The molecule has 7 heteroatoms. The highest BCUT2D eigenvalue weighted by Crippen LogP contribution is 2.52. The fourth-order valence-electron chi connectivity index (χ4n) is 4.20. The maximum atomic E-state index is 10.8. The monoisotopic (exact) mass is 420 g/mol. The zero-order chi connectivity index (χ0) is 20.8. The fourth-order valence-corrected chi connectivity index (χ4v) is 4.38. The molecule has 0 spiro atoms. The van der Waals surface area contributed by atoms with Gasteiger partial charge in [-0.2, -0.15) is 0 Å². The molecular formula is C22H25ClO6. The lowest BCUT2D eigenvalue weighted by Crippen LogP contribution is -2.61. The second-order valence-electron chi connectivity index (χ2n) is 7.84. The lowest BCUT2D eigenvalue weighted by atomic mass is 9.78. The standard InChI is InChI=1S/C22H25ClO6/c1-13-19(25)20(26)22(28-12-21(13,11-24)29-22)16-5-8-18(23)15(10-16)9-14-3-6-17(27-2)7-4-14/h3-8,10,13,19-20,24-26H,9,11-12H2,1-2H3/t13-,19-,20-,21-,22-/m0/s1. The molecule has 0 aromatic heterocycles. The highest BCUT2D eigenvalue weighted by Gasteiger charge is 2.65. The summed E-state index contributed by atoms with van der Waals surface area (Å²) in [5.74, 6) is -1.26. The summed E-state index contributed by atoms with van der Waals surface area (Å²) in [5, 5.41) is 31.9. The van der Waals surface area contributed by atoms with Crippen LogP contribution in [0.3, 0.4) is 0 Å². The van der Waals surface area contributed by atoms with Gasteiger partial charge >= 0.3 is 0 Å². The lowest BCUT2D eigenvalue weighted by Gasteiger charge is -2.47. The van der Waals surface area contributed by atoms with Crippen molar-refractivity contribution in [1.82, 2.24) is 0 Å². The first-order valence-electron chi connectivity index (χ1n) is 9.58. The van der Waals surface area contributed by atoms with Crippen LogP contribution in [0.2, 0.25) is 5.02 Å². The number of ether oxygens (including phenoxy) is 3. The Morgan fingerprint density at radius 2 is 1.90 bits per heavy atom. The minimum Gasteiger partial charge on any atom is -0.497 e. The quantitative estimate of drug-likeness (QED) is 0.687.